The van der Waals surface area contributed by atoms with E-state index in [-0.39, 0.29) is 5.91 Å². The fourth-order valence-electron chi connectivity index (χ4n) is 2.22. The first-order valence-corrected chi connectivity index (χ1v) is 6.84. The summed E-state index contributed by atoms with van der Waals surface area (Å²) in [7, 11) is 2.12. The zero-order chi connectivity index (χ0) is 15.8. The van der Waals surface area contributed by atoms with Gasteiger partial charge in [0.15, 0.2) is 0 Å². The van der Waals surface area contributed by atoms with Gasteiger partial charge in [0.25, 0.3) is 0 Å². The van der Waals surface area contributed by atoms with E-state index >= 15 is 0 Å². The summed E-state index contributed by atoms with van der Waals surface area (Å²) >= 11 is 0. The van der Waals surface area contributed by atoms with Gasteiger partial charge in [-0.05, 0) is 32.9 Å². The number of hydrogen-bond acceptors (Lipinski definition) is 4. The molecule has 0 aromatic heterocycles. The van der Waals surface area contributed by atoms with Gasteiger partial charge in [-0.1, -0.05) is 11.8 Å². The second-order valence-corrected chi connectivity index (χ2v) is 4.99. The number of carboxylic acids is 2. The molecule has 7 heteroatoms. The lowest BCUT2D eigenvalue weighted by Crippen LogP contribution is -2.26. The molecule has 2 fully saturated rings. The molecular formula is C14H20N2O5. The molecule has 0 aromatic rings. The third-order valence-corrected chi connectivity index (χ3v) is 3.41. The number of amides is 1. The van der Waals surface area contributed by atoms with E-state index in [2.05, 4.69) is 23.8 Å². The van der Waals surface area contributed by atoms with Crippen molar-refractivity contribution in [2.24, 2.45) is 0 Å². The van der Waals surface area contributed by atoms with Crippen molar-refractivity contribution in [1.82, 2.24) is 9.80 Å². The van der Waals surface area contributed by atoms with Gasteiger partial charge in [-0.2, -0.15) is 0 Å². The maximum atomic E-state index is 11.3. The quantitative estimate of drug-likeness (QED) is 0.516. The van der Waals surface area contributed by atoms with Crippen LogP contribution >= 0.6 is 0 Å². The molecule has 2 rings (SSSR count). The molecule has 21 heavy (non-hydrogen) atoms. The Morgan fingerprint density at radius 2 is 1.90 bits per heavy atom. The first-order valence-electron chi connectivity index (χ1n) is 6.84. The minimum absolute atomic E-state index is 0.268. The van der Waals surface area contributed by atoms with Crippen molar-refractivity contribution in [2.75, 3.05) is 26.7 Å². The number of carbonyl (C=O) groups is 3. The number of aliphatic carboxylic acids is 2. The van der Waals surface area contributed by atoms with Gasteiger partial charge in [0, 0.05) is 13.0 Å². The van der Waals surface area contributed by atoms with Crippen LogP contribution in [-0.2, 0) is 14.4 Å². The van der Waals surface area contributed by atoms with Crippen molar-refractivity contribution < 1.29 is 24.6 Å². The van der Waals surface area contributed by atoms with Crippen LogP contribution in [0.25, 0.3) is 0 Å². The van der Waals surface area contributed by atoms with Crippen molar-refractivity contribution in [1.29, 1.82) is 0 Å². The highest BCUT2D eigenvalue weighted by Gasteiger charge is 2.20. The molecule has 0 bridgehead atoms. The molecule has 116 valence electrons. The number of nitrogens with zero attached hydrogens (tertiary/aromatic N) is 2. The Kier molecular flexibility index (Phi) is 6.69. The summed E-state index contributed by atoms with van der Waals surface area (Å²) in [5.74, 6) is 3.02. The second-order valence-electron chi connectivity index (χ2n) is 4.99. The maximum absolute atomic E-state index is 11.3. The molecule has 2 N–H and O–H groups in total. The van der Waals surface area contributed by atoms with Crippen LogP contribution in [0.1, 0.15) is 25.7 Å². The Balaban J connectivity index is 0.000000315. The lowest BCUT2D eigenvalue weighted by atomic mass is 10.2. The van der Waals surface area contributed by atoms with Crippen LogP contribution in [0.5, 0.6) is 0 Å². The van der Waals surface area contributed by atoms with Crippen LogP contribution in [0.3, 0.4) is 0 Å². The fourth-order valence-corrected chi connectivity index (χ4v) is 2.22. The first kappa shape index (κ1) is 17.0. The molecule has 2 heterocycles. The maximum Gasteiger partial charge on any atom is 0.414 e. The van der Waals surface area contributed by atoms with Crippen molar-refractivity contribution in [3.05, 3.63) is 0 Å². The molecule has 1 amide bonds. The lowest BCUT2D eigenvalue weighted by molar-refractivity contribution is -0.159. The van der Waals surface area contributed by atoms with Crippen LogP contribution in [0.4, 0.5) is 0 Å². The smallest absolute Gasteiger partial charge is 0.414 e. The molecule has 0 saturated carbocycles. The van der Waals surface area contributed by atoms with Crippen molar-refractivity contribution in [2.45, 2.75) is 31.7 Å². The van der Waals surface area contributed by atoms with E-state index in [1.165, 1.54) is 12.8 Å². The zero-order valence-corrected chi connectivity index (χ0v) is 12.0. The fraction of sp³-hybridized carbons (Fsp3) is 0.643. The average Bonchev–Trinajstić information content (AvgIpc) is 3.00. The molecule has 0 spiro atoms. The largest absolute Gasteiger partial charge is 0.473 e. The number of likely N-dealkylation sites (tertiary alicyclic amines) is 2. The van der Waals surface area contributed by atoms with E-state index in [0.29, 0.717) is 19.0 Å². The normalized spacial score (nSPS) is 21.3. The summed E-state index contributed by atoms with van der Waals surface area (Å²) in [5, 5.41) is 14.8. The van der Waals surface area contributed by atoms with Crippen LogP contribution in [0.15, 0.2) is 0 Å². The van der Waals surface area contributed by atoms with Crippen LogP contribution in [0, 0.1) is 11.8 Å². The Bertz CT molecular complexity index is 454. The molecule has 7 nitrogen and oxygen atoms in total. The molecule has 1 atom stereocenters. The van der Waals surface area contributed by atoms with Crippen molar-refractivity contribution in [3.63, 3.8) is 0 Å². The van der Waals surface area contributed by atoms with E-state index in [4.69, 9.17) is 19.8 Å². The molecule has 0 aliphatic carbocycles. The lowest BCUT2D eigenvalue weighted by Gasteiger charge is -2.13. The van der Waals surface area contributed by atoms with Gasteiger partial charge < -0.3 is 15.1 Å². The van der Waals surface area contributed by atoms with Crippen LogP contribution < -0.4 is 0 Å². The monoisotopic (exact) mass is 296 g/mol. The second kappa shape index (κ2) is 8.27. The Hall–Kier alpha value is -2.07. The van der Waals surface area contributed by atoms with Gasteiger partial charge in [-0.25, -0.2) is 9.59 Å². The van der Waals surface area contributed by atoms with E-state index in [1.54, 1.807) is 0 Å². The Labute approximate surface area is 123 Å². The Morgan fingerprint density at radius 1 is 1.24 bits per heavy atom. The summed E-state index contributed by atoms with van der Waals surface area (Å²) < 4.78 is 0. The molecule has 2 aliphatic heterocycles. The van der Waals surface area contributed by atoms with Crippen molar-refractivity contribution in [3.8, 4) is 11.8 Å². The van der Waals surface area contributed by atoms with Crippen LogP contribution in [0.2, 0.25) is 0 Å². The van der Waals surface area contributed by atoms with Gasteiger partial charge in [0.1, 0.15) is 0 Å². The van der Waals surface area contributed by atoms with Crippen molar-refractivity contribution >= 4 is 17.8 Å². The number of rotatable bonds is 1. The number of carboxylic acid groups (broad SMARTS) is 2. The minimum Gasteiger partial charge on any atom is -0.473 e. The molecular weight excluding hydrogens is 276 g/mol. The predicted octanol–water partition coefficient (Wildman–Crippen LogP) is -0.138. The summed E-state index contributed by atoms with van der Waals surface area (Å²) in [5.41, 5.74) is 0. The summed E-state index contributed by atoms with van der Waals surface area (Å²) in [4.78, 5) is 33.7. The number of carbonyl (C=O) groups excluding carboxylic acids is 1. The van der Waals surface area contributed by atoms with Gasteiger partial charge >= 0.3 is 11.9 Å². The van der Waals surface area contributed by atoms with E-state index in [0.717, 1.165) is 19.5 Å². The highest BCUT2D eigenvalue weighted by atomic mass is 16.4. The molecule has 0 unspecified atom stereocenters. The zero-order valence-electron chi connectivity index (χ0n) is 12.0. The van der Waals surface area contributed by atoms with Gasteiger partial charge in [-0.3, -0.25) is 9.69 Å². The summed E-state index contributed by atoms with van der Waals surface area (Å²) in [6.07, 6.45) is 4.14. The highest BCUT2D eigenvalue weighted by Crippen LogP contribution is 2.13. The highest BCUT2D eigenvalue weighted by molar-refractivity contribution is 6.27. The molecule has 2 aliphatic rings. The number of hydrogen-bond donors (Lipinski definition) is 2. The molecule has 0 radical (unpaired) electrons. The van der Waals surface area contributed by atoms with Gasteiger partial charge in [-0.15, -0.1) is 0 Å². The average molecular weight is 296 g/mol. The van der Waals surface area contributed by atoms with Crippen LogP contribution in [-0.4, -0.2) is 70.6 Å². The first-order chi connectivity index (χ1) is 9.91. The summed E-state index contributed by atoms with van der Waals surface area (Å²) in [6, 6.07) is 0.419. The van der Waals surface area contributed by atoms with Gasteiger partial charge in [0.05, 0.1) is 12.6 Å². The SMILES string of the molecule is CN1CCC[C@H]1C#CCN1CCCC1=O.O=C(O)C(=O)O. The topological polar surface area (TPSA) is 98.2 Å². The van der Waals surface area contributed by atoms with E-state index < -0.39 is 11.9 Å². The molecule has 2 saturated heterocycles. The summed E-state index contributed by atoms with van der Waals surface area (Å²) in [6.45, 7) is 2.68. The Morgan fingerprint density at radius 3 is 2.33 bits per heavy atom. The third-order valence-electron chi connectivity index (χ3n) is 3.41. The minimum atomic E-state index is -1.82. The predicted molar refractivity (Wildman–Crippen MR) is 74.5 cm³/mol. The molecule has 0 aromatic carbocycles. The van der Waals surface area contributed by atoms with E-state index in [1.807, 2.05) is 4.90 Å². The van der Waals surface area contributed by atoms with E-state index in [9.17, 15) is 4.79 Å². The van der Waals surface area contributed by atoms with Gasteiger partial charge in [0.2, 0.25) is 5.91 Å². The standard InChI is InChI=1S/C12H18N2O.C2H2O4/c1-13-8-2-5-11(13)6-3-9-14-10-4-7-12(14)15;3-1(4)2(5)6/h11H,2,4-5,7-10H2,1H3;(H,3,4)(H,5,6)/t11-;/m0./s1. The third kappa shape index (κ3) is 5.83.